The maximum atomic E-state index is 9.24. The number of aliphatic hydroxyl groups is 1. The topological polar surface area (TPSA) is 48.9 Å². The number of nitrogens with one attached hydrogen (secondary N) is 1. The first kappa shape index (κ1) is 7.02. The Balaban J connectivity index is 2.58. The molecule has 1 rings (SSSR count). The van der Waals surface area contributed by atoms with Gasteiger partial charge in [-0.1, -0.05) is 6.08 Å². The number of hydrogen-bond donors (Lipinski definition) is 2. The molecular weight excluding hydrogens is 128 g/mol. The minimum absolute atomic E-state index is 0.535. The lowest BCUT2D eigenvalue weighted by molar-refractivity contribution is 0.172. The molecule has 0 fully saturated rings. The lowest BCUT2D eigenvalue weighted by Crippen LogP contribution is -1.97. The number of aliphatic hydroxyl groups excluding tert-OH is 1. The second-order valence-electron chi connectivity index (χ2n) is 2.01. The van der Waals surface area contributed by atoms with Crippen LogP contribution >= 0.6 is 0 Å². The largest absolute Gasteiger partial charge is 0.385 e. The van der Waals surface area contributed by atoms with Gasteiger partial charge >= 0.3 is 0 Å². The van der Waals surface area contributed by atoms with Crippen molar-refractivity contribution in [3.8, 4) is 0 Å². The Kier molecular flexibility index (Phi) is 2.23. The Hall–Kier alpha value is -1.09. The minimum Gasteiger partial charge on any atom is -0.385 e. The number of H-pyrrole nitrogens is 1. The first-order valence-corrected chi connectivity index (χ1v) is 3.13. The molecule has 0 amide bonds. The predicted octanol–water partition coefficient (Wildman–Crippen LogP) is 1.02. The van der Waals surface area contributed by atoms with Crippen molar-refractivity contribution in [2.75, 3.05) is 0 Å². The van der Waals surface area contributed by atoms with E-state index in [0.717, 1.165) is 0 Å². The van der Waals surface area contributed by atoms with Crippen LogP contribution in [0.3, 0.4) is 0 Å². The van der Waals surface area contributed by atoms with Gasteiger partial charge in [0.25, 0.3) is 0 Å². The molecule has 1 unspecified atom stereocenters. The molecule has 0 radical (unpaired) electrons. The van der Waals surface area contributed by atoms with E-state index in [1.807, 2.05) is 0 Å². The van der Waals surface area contributed by atoms with Gasteiger partial charge in [-0.05, 0) is 6.42 Å². The van der Waals surface area contributed by atoms with Crippen LogP contribution in [-0.4, -0.2) is 15.1 Å². The van der Waals surface area contributed by atoms with E-state index >= 15 is 0 Å². The lowest BCUT2D eigenvalue weighted by atomic mass is 10.2. The molecular formula is C7H10N2O. The van der Waals surface area contributed by atoms with Crippen LogP contribution in [0.2, 0.25) is 0 Å². The molecule has 3 heteroatoms. The first-order chi connectivity index (χ1) is 4.84. The van der Waals surface area contributed by atoms with E-state index in [-0.39, 0.29) is 0 Å². The molecule has 54 valence electrons. The van der Waals surface area contributed by atoms with E-state index in [1.54, 1.807) is 18.5 Å². The molecule has 0 aromatic carbocycles. The van der Waals surface area contributed by atoms with Crippen LogP contribution in [0.4, 0.5) is 0 Å². The fourth-order valence-corrected chi connectivity index (χ4v) is 0.729. The molecule has 0 aliphatic heterocycles. The maximum absolute atomic E-state index is 9.24. The van der Waals surface area contributed by atoms with Crippen molar-refractivity contribution in [3.63, 3.8) is 0 Å². The minimum atomic E-state index is -0.535. The highest BCUT2D eigenvalue weighted by molar-refractivity contribution is 4.93. The van der Waals surface area contributed by atoms with Crippen molar-refractivity contribution in [1.82, 2.24) is 9.97 Å². The van der Waals surface area contributed by atoms with Crippen LogP contribution < -0.4 is 0 Å². The molecule has 10 heavy (non-hydrogen) atoms. The molecule has 0 saturated heterocycles. The third-order valence-electron chi connectivity index (χ3n) is 1.22. The number of nitrogens with zero attached hydrogens (tertiary/aromatic N) is 1. The average Bonchev–Trinajstić information content (AvgIpc) is 2.38. The summed E-state index contributed by atoms with van der Waals surface area (Å²) in [6, 6.07) is 0. The van der Waals surface area contributed by atoms with Gasteiger partial charge in [0.1, 0.15) is 11.9 Å². The second kappa shape index (κ2) is 3.17. The molecule has 2 N–H and O–H groups in total. The van der Waals surface area contributed by atoms with Crippen LogP contribution in [0.25, 0.3) is 0 Å². The average molecular weight is 138 g/mol. The zero-order valence-electron chi connectivity index (χ0n) is 5.62. The molecule has 0 saturated carbocycles. The monoisotopic (exact) mass is 138 g/mol. The van der Waals surface area contributed by atoms with E-state index in [2.05, 4.69) is 16.5 Å². The van der Waals surface area contributed by atoms with Gasteiger partial charge in [-0.25, -0.2) is 4.98 Å². The summed E-state index contributed by atoms with van der Waals surface area (Å²) < 4.78 is 0. The van der Waals surface area contributed by atoms with Gasteiger partial charge in [0, 0.05) is 12.4 Å². The standard InChI is InChI=1S/C7H10N2O/c1-2-3-6(10)7-8-4-5-9-7/h2,4-6,10H,1,3H2,(H,8,9). The summed E-state index contributed by atoms with van der Waals surface area (Å²) in [4.78, 5) is 6.69. The van der Waals surface area contributed by atoms with Crippen LogP contribution in [0, 0.1) is 0 Å². The van der Waals surface area contributed by atoms with E-state index in [1.165, 1.54) is 0 Å². The first-order valence-electron chi connectivity index (χ1n) is 3.13. The van der Waals surface area contributed by atoms with Crippen molar-refractivity contribution in [2.45, 2.75) is 12.5 Å². The van der Waals surface area contributed by atoms with Crippen molar-refractivity contribution in [2.24, 2.45) is 0 Å². The summed E-state index contributed by atoms with van der Waals surface area (Å²) in [5.41, 5.74) is 0. The van der Waals surface area contributed by atoms with Crippen LogP contribution in [0.5, 0.6) is 0 Å². The quantitative estimate of drug-likeness (QED) is 0.612. The Bertz CT molecular complexity index is 193. The normalized spacial score (nSPS) is 12.9. The molecule has 1 aromatic heterocycles. The third kappa shape index (κ3) is 1.45. The van der Waals surface area contributed by atoms with Gasteiger partial charge in [0.15, 0.2) is 0 Å². The fraction of sp³-hybridized carbons (Fsp3) is 0.286. The van der Waals surface area contributed by atoms with E-state index in [9.17, 15) is 5.11 Å². The summed E-state index contributed by atoms with van der Waals surface area (Å²) in [6.07, 6.45) is 4.96. The van der Waals surface area contributed by atoms with Gasteiger partial charge in [0.2, 0.25) is 0 Å². The Labute approximate surface area is 59.4 Å². The Morgan fingerprint density at radius 2 is 2.70 bits per heavy atom. The highest BCUT2D eigenvalue weighted by atomic mass is 16.3. The number of aromatic amines is 1. The Morgan fingerprint density at radius 1 is 1.90 bits per heavy atom. The van der Waals surface area contributed by atoms with E-state index in [0.29, 0.717) is 12.2 Å². The highest BCUT2D eigenvalue weighted by Gasteiger charge is 2.05. The van der Waals surface area contributed by atoms with Gasteiger partial charge in [0.05, 0.1) is 0 Å². The van der Waals surface area contributed by atoms with Crippen LogP contribution in [0.15, 0.2) is 25.0 Å². The summed E-state index contributed by atoms with van der Waals surface area (Å²) >= 11 is 0. The van der Waals surface area contributed by atoms with E-state index in [4.69, 9.17) is 0 Å². The van der Waals surface area contributed by atoms with Gasteiger partial charge in [-0.15, -0.1) is 6.58 Å². The smallest absolute Gasteiger partial charge is 0.135 e. The summed E-state index contributed by atoms with van der Waals surface area (Å²) in [6.45, 7) is 3.51. The summed E-state index contributed by atoms with van der Waals surface area (Å²) in [7, 11) is 0. The zero-order chi connectivity index (χ0) is 7.40. The lowest BCUT2D eigenvalue weighted by Gasteiger charge is -2.01. The highest BCUT2D eigenvalue weighted by Crippen LogP contribution is 2.10. The molecule has 0 aliphatic carbocycles. The van der Waals surface area contributed by atoms with Crippen molar-refractivity contribution in [1.29, 1.82) is 0 Å². The number of aromatic nitrogens is 2. The zero-order valence-corrected chi connectivity index (χ0v) is 5.62. The molecule has 0 bridgehead atoms. The second-order valence-corrected chi connectivity index (χ2v) is 2.01. The number of hydrogen-bond acceptors (Lipinski definition) is 2. The predicted molar refractivity (Wildman–Crippen MR) is 38.4 cm³/mol. The molecule has 1 heterocycles. The summed E-state index contributed by atoms with van der Waals surface area (Å²) in [5, 5.41) is 9.24. The fourth-order valence-electron chi connectivity index (χ4n) is 0.729. The molecule has 3 nitrogen and oxygen atoms in total. The van der Waals surface area contributed by atoms with E-state index < -0.39 is 6.10 Å². The molecule has 0 spiro atoms. The SMILES string of the molecule is C=CCC(O)c1ncc[nH]1. The number of rotatable bonds is 3. The third-order valence-corrected chi connectivity index (χ3v) is 1.22. The van der Waals surface area contributed by atoms with Crippen molar-refractivity contribution < 1.29 is 5.11 Å². The van der Waals surface area contributed by atoms with Crippen molar-refractivity contribution >= 4 is 0 Å². The maximum Gasteiger partial charge on any atom is 0.135 e. The van der Waals surface area contributed by atoms with Crippen molar-refractivity contribution in [3.05, 3.63) is 30.9 Å². The van der Waals surface area contributed by atoms with Gasteiger partial charge < -0.3 is 10.1 Å². The van der Waals surface area contributed by atoms with Crippen LogP contribution in [0.1, 0.15) is 18.3 Å². The number of imidazole rings is 1. The van der Waals surface area contributed by atoms with Gasteiger partial charge in [-0.2, -0.15) is 0 Å². The molecule has 1 atom stereocenters. The van der Waals surface area contributed by atoms with Gasteiger partial charge in [-0.3, -0.25) is 0 Å². The summed E-state index contributed by atoms with van der Waals surface area (Å²) in [5.74, 6) is 0.597. The molecule has 1 aromatic rings. The Morgan fingerprint density at radius 3 is 3.20 bits per heavy atom. The van der Waals surface area contributed by atoms with Crippen LogP contribution in [-0.2, 0) is 0 Å². The molecule has 0 aliphatic rings.